The summed E-state index contributed by atoms with van der Waals surface area (Å²) in [6, 6.07) is 3.19. The number of carbonyl (C=O) groups is 1. The maximum atomic E-state index is 13.0. The lowest BCUT2D eigenvalue weighted by atomic mass is 9.92. The topological polar surface area (TPSA) is 57.5 Å². The SMILES string of the molecule is O=C(O)[C@H](CC1CC1)[C@@H](O)CCc1cc(F)cc(F)c1. The van der Waals surface area contributed by atoms with Crippen LogP contribution in [0.15, 0.2) is 18.2 Å². The van der Waals surface area contributed by atoms with E-state index in [0.717, 1.165) is 18.9 Å². The maximum Gasteiger partial charge on any atom is 0.309 e. The molecule has 0 aromatic heterocycles. The molecule has 1 aromatic rings. The molecule has 2 atom stereocenters. The number of carboxylic acid groups (broad SMARTS) is 1. The Balaban J connectivity index is 1.91. The minimum atomic E-state index is -1.00. The van der Waals surface area contributed by atoms with Crippen LogP contribution in [0.25, 0.3) is 0 Å². The molecule has 0 bridgehead atoms. The van der Waals surface area contributed by atoms with Gasteiger partial charge in [-0.1, -0.05) is 12.8 Å². The smallest absolute Gasteiger partial charge is 0.309 e. The number of aryl methyl sites for hydroxylation is 1. The third-order valence-electron chi connectivity index (χ3n) is 3.72. The summed E-state index contributed by atoms with van der Waals surface area (Å²) >= 11 is 0. The number of benzene rings is 1. The van der Waals surface area contributed by atoms with E-state index in [2.05, 4.69) is 0 Å². The molecule has 0 aliphatic heterocycles. The van der Waals surface area contributed by atoms with Crippen LogP contribution in [0.3, 0.4) is 0 Å². The first-order chi connectivity index (χ1) is 9.45. The largest absolute Gasteiger partial charge is 0.481 e. The van der Waals surface area contributed by atoms with Crippen LogP contribution in [-0.2, 0) is 11.2 Å². The molecule has 0 amide bonds. The van der Waals surface area contributed by atoms with Crippen molar-refractivity contribution in [2.24, 2.45) is 11.8 Å². The van der Waals surface area contributed by atoms with Crippen LogP contribution in [0.4, 0.5) is 8.78 Å². The Kier molecular flexibility index (Phi) is 4.70. The zero-order chi connectivity index (χ0) is 14.7. The zero-order valence-electron chi connectivity index (χ0n) is 11.1. The summed E-state index contributed by atoms with van der Waals surface area (Å²) < 4.78 is 26.0. The minimum absolute atomic E-state index is 0.187. The predicted molar refractivity (Wildman–Crippen MR) is 69.2 cm³/mol. The van der Waals surface area contributed by atoms with E-state index in [1.807, 2.05) is 0 Å². The number of aliphatic carboxylic acids is 1. The van der Waals surface area contributed by atoms with Crippen LogP contribution in [-0.4, -0.2) is 22.3 Å². The number of hydrogen-bond donors (Lipinski definition) is 2. The van der Waals surface area contributed by atoms with Crippen molar-refractivity contribution >= 4 is 5.97 Å². The molecule has 1 aliphatic carbocycles. The highest BCUT2D eigenvalue weighted by Gasteiger charge is 2.33. The molecule has 0 heterocycles. The van der Waals surface area contributed by atoms with E-state index in [1.165, 1.54) is 12.1 Å². The predicted octanol–water partition coefficient (Wildman–Crippen LogP) is 2.76. The average Bonchev–Trinajstić information content (AvgIpc) is 3.15. The first kappa shape index (κ1) is 14.9. The van der Waals surface area contributed by atoms with Crippen LogP contribution >= 0.6 is 0 Å². The second-order valence-corrected chi connectivity index (χ2v) is 5.51. The van der Waals surface area contributed by atoms with Gasteiger partial charge >= 0.3 is 5.97 Å². The molecule has 20 heavy (non-hydrogen) atoms. The molecule has 0 saturated heterocycles. The fourth-order valence-electron chi connectivity index (χ4n) is 2.41. The summed E-state index contributed by atoms with van der Waals surface area (Å²) in [6.45, 7) is 0. The Bertz CT molecular complexity index is 466. The van der Waals surface area contributed by atoms with E-state index in [4.69, 9.17) is 5.11 Å². The van der Waals surface area contributed by atoms with E-state index >= 15 is 0 Å². The third kappa shape index (κ3) is 4.27. The van der Waals surface area contributed by atoms with Crippen molar-refractivity contribution in [3.05, 3.63) is 35.4 Å². The standard InChI is InChI=1S/C15H18F2O3/c16-11-5-10(6-12(17)8-11)3-4-14(18)13(15(19)20)7-9-1-2-9/h5-6,8-9,13-14,18H,1-4,7H2,(H,19,20)/t13-,14+/m1/s1. The minimum Gasteiger partial charge on any atom is -0.481 e. The van der Waals surface area contributed by atoms with E-state index in [9.17, 15) is 18.7 Å². The van der Waals surface area contributed by atoms with E-state index < -0.39 is 29.6 Å². The summed E-state index contributed by atoms with van der Waals surface area (Å²) in [5.41, 5.74) is 0.428. The molecule has 5 heteroatoms. The van der Waals surface area contributed by atoms with E-state index in [-0.39, 0.29) is 12.8 Å². The highest BCUT2D eigenvalue weighted by atomic mass is 19.1. The van der Waals surface area contributed by atoms with Crippen LogP contribution < -0.4 is 0 Å². The number of carboxylic acids is 1. The maximum absolute atomic E-state index is 13.0. The van der Waals surface area contributed by atoms with Gasteiger partial charge in [-0.05, 0) is 42.9 Å². The van der Waals surface area contributed by atoms with Crippen molar-refractivity contribution in [1.29, 1.82) is 0 Å². The molecule has 3 nitrogen and oxygen atoms in total. The first-order valence-electron chi connectivity index (χ1n) is 6.81. The fourth-order valence-corrected chi connectivity index (χ4v) is 2.41. The van der Waals surface area contributed by atoms with Crippen LogP contribution in [0, 0.1) is 23.5 Å². The van der Waals surface area contributed by atoms with Gasteiger partial charge in [-0.2, -0.15) is 0 Å². The van der Waals surface area contributed by atoms with Gasteiger partial charge in [0.2, 0.25) is 0 Å². The monoisotopic (exact) mass is 284 g/mol. The van der Waals surface area contributed by atoms with Gasteiger partial charge in [-0.15, -0.1) is 0 Å². The van der Waals surface area contributed by atoms with Gasteiger partial charge in [-0.25, -0.2) is 8.78 Å². The van der Waals surface area contributed by atoms with Crippen LogP contribution in [0.1, 0.15) is 31.2 Å². The number of rotatable bonds is 7. The summed E-state index contributed by atoms with van der Waals surface area (Å²) in [7, 11) is 0. The molecule has 0 spiro atoms. The average molecular weight is 284 g/mol. The lowest BCUT2D eigenvalue weighted by Gasteiger charge is -2.19. The van der Waals surface area contributed by atoms with Gasteiger partial charge in [0.15, 0.2) is 0 Å². The van der Waals surface area contributed by atoms with Crippen LogP contribution in [0.2, 0.25) is 0 Å². The normalized spacial score (nSPS) is 17.8. The van der Waals surface area contributed by atoms with Crippen molar-refractivity contribution in [1.82, 2.24) is 0 Å². The van der Waals surface area contributed by atoms with Crippen LogP contribution in [0.5, 0.6) is 0 Å². The summed E-state index contributed by atoms with van der Waals surface area (Å²) in [5, 5.41) is 19.1. The summed E-state index contributed by atoms with van der Waals surface area (Å²) in [5.74, 6) is -2.72. The molecule has 0 unspecified atom stereocenters. The Morgan fingerprint density at radius 2 is 1.85 bits per heavy atom. The number of hydrogen-bond acceptors (Lipinski definition) is 2. The second kappa shape index (κ2) is 6.31. The second-order valence-electron chi connectivity index (χ2n) is 5.51. The highest BCUT2D eigenvalue weighted by molar-refractivity contribution is 5.70. The molecule has 2 N–H and O–H groups in total. The Hall–Kier alpha value is -1.49. The van der Waals surface area contributed by atoms with Gasteiger partial charge in [0, 0.05) is 6.07 Å². The fraction of sp³-hybridized carbons (Fsp3) is 0.533. The lowest BCUT2D eigenvalue weighted by Crippen LogP contribution is -2.29. The summed E-state index contributed by atoms with van der Waals surface area (Å²) in [6.07, 6.45) is 1.97. The molecule has 1 saturated carbocycles. The number of halogens is 2. The number of aliphatic hydroxyl groups is 1. The molecule has 110 valence electrons. The molecule has 2 rings (SSSR count). The zero-order valence-corrected chi connectivity index (χ0v) is 11.1. The van der Waals surface area contributed by atoms with Gasteiger partial charge < -0.3 is 10.2 Å². The molecule has 1 fully saturated rings. The third-order valence-corrected chi connectivity index (χ3v) is 3.72. The Labute approximate surface area is 116 Å². The summed E-state index contributed by atoms with van der Waals surface area (Å²) in [4.78, 5) is 11.1. The van der Waals surface area contributed by atoms with Crippen molar-refractivity contribution in [3.63, 3.8) is 0 Å². The lowest BCUT2D eigenvalue weighted by molar-refractivity contribution is -0.146. The van der Waals surface area contributed by atoms with Gasteiger partial charge in [0.05, 0.1) is 12.0 Å². The van der Waals surface area contributed by atoms with E-state index in [1.54, 1.807) is 0 Å². The quantitative estimate of drug-likeness (QED) is 0.809. The van der Waals surface area contributed by atoms with E-state index in [0.29, 0.717) is 17.9 Å². The highest BCUT2D eigenvalue weighted by Crippen LogP contribution is 2.36. The Morgan fingerprint density at radius 3 is 2.35 bits per heavy atom. The molecule has 1 aromatic carbocycles. The van der Waals surface area contributed by atoms with Crippen molar-refractivity contribution < 1.29 is 23.8 Å². The van der Waals surface area contributed by atoms with Crippen molar-refractivity contribution in [2.45, 2.75) is 38.2 Å². The van der Waals surface area contributed by atoms with Crippen molar-refractivity contribution in [3.8, 4) is 0 Å². The van der Waals surface area contributed by atoms with Crippen molar-refractivity contribution in [2.75, 3.05) is 0 Å². The van der Waals surface area contributed by atoms with Gasteiger partial charge in [0.1, 0.15) is 11.6 Å². The van der Waals surface area contributed by atoms with Gasteiger partial charge in [0.25, 0.3) is 0 Å². The first-order valence-corrected chi connectivity index (χ1v) is 6.81. The van der Waals surface area contributed by atoms with Gasteiger partial charge in [-0.3, -0.25) is 4.79 Å². The Morgan fingerprint density at radius 1 is 1.25 bits per heavy atom. The molecular formula is C15H18F2O3. The molecule has 0 radical (unpaired) electrons. The number of aliphatic hydroxyl groups excluding tert-OH is 1. The molecular weight excluding hydrogens is 266 g/mol. The molecule has 1 aliphatic rings.